The number of hydrogen-bond acceptors (Lipinski definition) is 7. The number of nitrogens with one attached hydrogen (secondary N) is 1. The first-order valence-corrected chi connectivity index (χ1v) is 15.6. The van der Waals surface area contributed by atoms with Gasteiger partial charge >= 0.3 is 5.97 Å². The van der Waals surface area contributed by atoms with Crippen molar-refractivity contribution < 1.29 is 24.2 Å². The van der Waals surface area contributed by atoms with Crippen molar-refractivity contribution in [1.82, 2.24) is 10.2 Å². The van der Waals surface area contributed by atoms with E-state index in [0.29, 0.717) is 37.6 Å². The second kappa shape index (κ2) is 15.9. The largest absolute Gasteiger partial charge is 0.480 e. The van der Waals surface area contributed by atoms with E-state index in [1.165, 1.54) is 4.88 Å². The van der Waals surface area contributed by atoms with E-state index in [1.54, 1.807) is 29.2 Å². The molecule has 0 bridgehead atoms. The fourth-order valence-electron chi connectivity index (χ4n) is 4.30. The lowest BCUT2D eigenvalue weighted by molar-refractivity contribution is -0.139. The number of carbonyl (C=O) groups excluding carboxylic acids is 1. The molecule has 7 nitrogen and oxygen atoms in total. The highest BCUT2D eigenvalue weighted by molar-refractivity contribution is 7.98. The molecule has 1 heterocycles. The molecule has 2 aromatic carbocycles. The molecule has 40 heavy (non-hydrogen) atoms. The summed E-state index contributed by atoms with van der Waals surface area (Å²) in [4.78, 5) is 29.7. The molecule has 0 saturated heterocycles. The first-order chi connectivity index (χ1) is 19.2. The molecule has 1 aromatic heterocycles. The van der Waals surface area contributed by atoms with E-state index >= 15 is 0 Å². The number of carboxylic acid groups (broad SMARTS) is 1. The van der Waals surface area contributed by atoms with E-state index in [9.17, 15) is 14.7 Å². The van der Waals surface area contributed by atoms with E-state index < -0.39 is 17.9 Å². The van der Waals surface area contributed by atoms with E-state index in [4.69, 9.17) is 9.47 Å². The lowest BCUT2D eigenvalue weighted by atomic mass is 9.93. The van der Waals surface area contributed by atoms with E-state index in [2.05, 4.69) is 36.4 Å². The van der Waals surface area contributed by atoms with Gasteiger partial charge in [0.05, 0.1) is 13.2 Å². The summed E-state index contributed by atoms with van der Waals surface area (Å²) in [5, 5.41) is 12.4. The van der Waals surface area contributed by atoms with E-state index in [1.807, 2.05) is 56.5 Å². The lowest BCUT2D eigenvalue weighted by Gasteiger charge is -2.19. The number of hydrogen-bond donors (Lipinski definition) is 2. The van der Waals surface area contributed by atoms with Crippen molar-refractivity contribution >= 4 is 35.0 Å². The summed E-state index contributed by atoms with van der Waals surface area (Å²) in [6.45, 7) is 6.23. The van der Waals surface area contributed by atoms with Crippen molar-refractivity contribution in [3.8, 4) is 11.1 Å². The molecule has 0 aliphatic carbocycles. The van der Waals surface area contributed by atoms with Gasteiger partial charge in [-0.15, -0.1) is 11.3 Å². The predicted molar refractivity (Wildman–Crippen MR) is 164 cm³/mol. The van der Waals surface area contributed by atoms with Crippen LogP contribution >= 0.6 is 23.1 Å². The highest BCUT2D eigenvalue weighted by Crippen LogP contribution is 2.31. The Morgan fingerprint density at radius 1 is 1.10 bits per heavy atom. The van der Waals surface area contributed by atoms with Gasteiger partial charge in [-0.3, -0.25) is 4.79 Å². The van der Waals surface area contributed by atoms with Gasteiger partial charge in [-0.1, -0.05) is 30.3 Å². The average Bonchev–Trinajstić information content (AvgIpc) is 3.38. The van der Waals surface area contributed by atoms with Crippen LogP contribution in [0.5, 0.6) is 0 Å². The Hall–Kier alpha value is -2.69. The van der Waals surface area contributed by atoms with Gasteiger partial charge in [-0.2, -0.15) is 11.8 Å². The van der Waals surface area contributed by atoms with Gasteiger partial charge in [0.2, 0.25) is 0 Å². The molecule has 3 aromatic rings. The monoisotopic (exact) mass is 584 g/mol. The molecule has 9 heteroatoms. The lowest BCUT2D eigenvalue weighted by Crippen LogP contribution is -2.41. The molecular weight excluding hydrogens is 544 g/mol. The van der Waals surface area contributed by atoms with Gasteiger partial charge in [0, 0.05) is 28.5 Å². The number of carbonyl (C=O) groups is 2. The third-order valence-corrected chi connectivity index (χ3v) is 8.18. The number of rotatable bonds is 16. The quantitative estimate of drug-likeness (QED) is 0.213. The van der Waals surface area contributed by atoms with Crippen molar-refractivity contribution in [1.29, 1.82) is 0 Å². The summed E-state index contributed by atoms with van der Waals surface area (Å²) >= 11 is 3.28. The SMILES string of the molecule is CCOC[C@@H](OCc1ccc(C(=O)N[C@@H](CCSC)C(=O)O)c(-c2ccccc2C)c1)c1ccc(CN(C)C)s1. The zero-order valence-corrected chi connectivity index (χ0v) is 25.6. The minimum atomic E-state index is -1.03. The van der Waals surface area contributed by atoms with Gasteiger partial charge in [-0.25, -0.2) is 4.79 Å². The van der Waals surface area contributed by atoms with Crippen molar-refractivity contribution in [3.63, 3.8) is 0 Å². The normalized spacial score (nSPS) is 12.8. The molecule has 1 amide bonds. The molecule has 0 radical (unpaired) electrons. The van der Waals surface area contributed by atoms with Crippen LogP contribution in [0.15, 0.2) is 54.6 Å². The zero-order chi connectivity index (χ0) is 29.1. The van der Waals surface area contributed by atoms with E-state index in [-0.39, 0.29) is 6.10 Å². The maximum atomic E-state index is 13.4. The standard InChI is InChI=1S/C31H40N2O5S2/c1-6-37-20-28(29-14-12-23(40-29)18-33(3)4)38-19-22-11-13-25(26(17-22)24-10-8-7-9-21(24)2)30(34)32-27(31(35)36)15-16-39-5/h7-14,17,27-28H,6,15-16,18-20H2,1-5H3,(H,32,34)(H,35,36)/t27-,28+/m0/s1. The molecule has 216 valence electrons. The van der Waals surface area contributed by atoms with Crippen LogP contribution in [0, 0.1) is 6.92 Å². The number of ether oxygens (including phenoxy) is 2. The fourth-order valence-corrected chi connectivity index (χ4v) is 5.94. The smallest absolute Gasteiger partial charge is 0.326 e. The third kappa shape index (κ3) is 9.17. The molecule has 0 aliphatic heterocycles. The Bertz CT molecular complexity index is 1260. The van der Waals surface area contributed by atoms with Crippen LogP contribution in [-0.4, -0.2) is 67.2 Å². The van der Waals surface area contributed by atoms with Crippen LogP contribution in [0.25, 0.3) is 11.1 Å². The number of aryl methyl sites for hydroxylation is 1. The van der Waals surface area contributed by atoms with Gasteiger partial charge < -0.3 is 24.8 Å². The summed E-state index contributed by atoms with van der Waals surface area (Å²) in [5.74, 6) is -0.796. The van der Waals surface area contributed by atoms with Gasteiger partial charge in [0.15, 0.2) is 0 Å². The van der Waals surface area contributed by atoms with Gasteiger partial charge in [-0.05, 0) is 92.9 Å². The number of thiophene rings is 1. The molecule has 0 saturated carbocycles. The maximum Gasteiger partial charge on any atom is 0.326 e. The third-order valence-electron chi connectivity index (χ3n) is 6.37. The first kappa shape index (κ1) is 31.8. The molecule has 3 rings (SSSR count). The number of carboxylic acids is 1. The van der Waals surface area contributed by atoms with Crippen LogP contribution in [-0.2, 0) is 27.4 Å². The summed E-state index contributed by atoms with van der Waals surface area (Å²) in [5.41, 5.74) is 4.04. The van der Waals surface area contributed by atoms with Gasteiger partial charge in [0.1, 0.15) is 12.1 Å². The molecule has 0 spiro atoms. The number of aliphatic carboxylic acids is 1. The second-order valence-electron chi connectivity index (χ2n) is 9.84. The minimum Gasteiger partial charge on any atom is -0.480 e. The van der Waals surface area contributed by atoms with Crippen LogP contribution in [0.4, 0.5) is 0 Å². The van der Waals surface area contributed by atoms with E-state index in [0.717, 1.165) is 33.7 Å². The summed E-state index contributed by atoms with van der Waals surface area (Å²) in [6.07, 6.45) is 2.06. The van der Waals surface area contributed by atoms with Crippen LogP contribution in [0.1, 0.15) is 50.7 Å². The number of thioether (sulfide) groups is 1. The van der Waals surface area contributed by atoms with Crippen molar-refractivity contribution in [2.75, 3.05) is 39.3 Å². The summed E-state index contributed by atoms with van der Waals surface area (Å²) in [6, 6.07) is 16.8. The molecule has 2 atom stereocenters. The zero-order valence-electron chi connectivity index (χ0n) is 23.9. The number of benzene rings is 2. The molecule has 0 aliphatic rings. The average molecular weight is 585 g/mol. The van der Waals surface area contributed by atoms with Gasteiger partial charge in [0.25, 0.3) is 5.91 Å². The highest BCUT2D eigenvalue weighted by atomic mass is 32.2. The minimum absolute atomic E-state index is 0.210. The highest BCUT2D eigenvalue weighted by Gasteiger charge is 2.23. The summed E-state index contributed by atoms with van der Waals surface area (Å²) < 4.78 is 12.1. The Labute approximate surface area is 245 Å². The molecule has 2 N–H and O–H groups in total. The maximum absolute atomic E-state index is 13.4. The van der Waals surface area contributed by atoms with Crippen molar-refractivity contribution in [2.45, 2.75) is 45.6 Å². The van der Waals surface area contributed by atoms with Crippen LogP contribution in [0.2, 0.25) is 0 Å². The first-order valence-electron chi connectivity index (χ1n) is 13.4. The number of amides is 1. The Balaban J connectivity index is 1.88. The Kier molecular flexibility index (Phi) is 12.7. The van der Waals surface area contributed by atoms with Crippen molar-refractivity contribution in [2.24, 2.45) is 0 Å². The molecule has 0 fully saturated rings. The topological polar surface area (TPSA) is 88.1 Å². The molecule has 0 unspecified atom stereocenters. The van der Waals surface area contributed by atoms with Crippen LogP contribution in [0.3, 0.4) is 0 Å². The Morgan fingerprint density at radius 2 is 1.88 bits per heavy atom. The van der Waals surface area contributed by atoms with Crippen molar-refractivity contribution in [3.05, 3.63) is 81.0 Å². The predicted octanol–water partition coefficient (Wildman–Crippen LogP) is 6.02. The second-order valence-corrected chi connectivity index (χ2v) is 12.0. The number of nitrogens with zero attached hydrogens (tertiary/aromatic N) is 1. The Morgan fingerprint density at radius 3 is 2.55 bits per heavy atom. The fraction of sp³-hybridized carbons (Fsp3) is 0.419. The summed E-state index contributed by atoms with van der Waals surface area (Å²) in [7, 11) is 4.10. The van der Waals surface area contributed by atoms with Crippen LogP contribution < -0.4 is 5.32 Å². The molecular formula is C31H40N2O5S2.